The summed E-state index contributed by atoms with van der Waals surface area (Å²) < 4.78 is 29.0. The van der Waals surface area contributed by atoms with Crippen molar-refractivity contribution in [2.24, 2.45) is 4.99 Å². The van der Waals surface area contributed by atoms with Crippen LogP contribution in [-0.2, 0) is 6.54 Å². The van der Waals surface area contributed by atoms with Crippen molar-refractivity contribution in [3.8, 4) is 5.88 Å². The van der Waals surface area contributed by atoms with Gasteiger partial charge < -0.3 is 15.4 Å². The van der Waals surface area contributed by atoms with E-state index in [0.29, 0.717) is 12.5 Å². The van der Waals surface area contributed by atoms with Gasteiger partial charge in [-0.3, -0.25) is 0 Å². The molecule has 112 valence electrons. The number of rotatable bonds is 7. The number of aromatic nitrogens is 1. The minimum atomic E-state index is -2.51. The molecule has 0 bridgehead atoms. The van der Waals surface area contributed by atoms with Gasteiger partial charge in [0.05, 0.1) is 6.54 Å². The molecule has 5 nitrogen and oxygen atoms in total. The van der Waals surface area contributed by atoms with Gasteiger partial charge in [-0.15, -0.1) is 0 Å². The molecule has 1 aromatic rings. The molecule has 1 rings (SSSR count). The Morgan fingerprint density at radius 2 is 2.05 bits per heavy atom. The first-order chi connectivity index (χ1) is 9.65. The lowest BCUT2D eigenvalue weighted by atomic mass is 10.3. The predicted molar refractivity (Wildman–Crippen MR) is 74.2 cm³/mol. The molecule has 0 radical (unpaired) electrons. The van der Waals surface area contributed by atoms with Crippen LogP contribution in [0.1, 0.15) is 19.4 Å². The van der Waals surface area contributed by atoms with E-state index in [4.69, 9.17) is 4.74 Å². The smallest absolute Gasteiger partial charge is 0.272 e. The van der Waals surface area contributed by atoms with E-state index in [2.05, 4.69) is 20.6 Å². The number of nitrogens with one attached hydrogen (secondary N) is 2. The molecule has 0 aliphatic heterocycles. The van der Waals surface area contributed by atoms with Crippen molar-refractivity contribution in [2.45, 2.75) is 26.8 Å². The van der Waals surface area contributed by atoms with E-state index < -0.39 is 13.0 Å². The van der Waals surface area contributed by atoms with Crippen LogP contribution in [0.4, 0.5) is 8.78 Å². The summed E-state index contributed by atoms with van der Waals surface area (Å²) in [5.74, 6) is 0.897. The van der Waals surface area contributed by atoms with Gasteiger partial charge in [-0.05, 0) is 25.5 Å². The molecule has 0 atom stereocenters. The maximum Gasteiger partial charge on any atom is 0.272 e. The quantitative estimate of drug-likeness (QED) is 0.593. The third-order valence-electron chi connectivity index (χ3n) is 2.26. The number of pyridine rings is 1. The Bertz CT molecular complexity index is 419. The fraction of sp³-hybridized carbons (Fsp3) is 0.538. The number of ether oxygens (including phenoxy) is 1. The van der Waals surface area contributed by atoms with E-state index in [0.717, 1.165) is 18.7 Å². The van der Waals surface area contributed by atoms with Crippen LogP contribution < -0.4 is 15.4 Å². The minimum Gasteiger partial charge on any atom is -0.472 e. The summed E-state index contributed by atoms with van der Waals surface area (Å²) in [4.78, 5) is 8.25. The predicted octanol–water partition coefficient (Wildman–Crippen LogP) is 1.80. The highest BCUT2D eigenvalue weighted by atomic mass is 19.3. The number of guanidine groups is 1. The van der Waals surface area contributed by atoms with Gasteiger partial charge in [0.25, 0.3) is 6.43 Å². The first-order valence-corrected chi connectivity index (χ1v) is 6.53. The normalized spacial score (nSPS) is 10.2. The van der Waals surface area contributed by atoms with Crippen molar-refractivity contribution in [2.75, 3.05) is 19.7 Å². The average Bonchev–Trinajstić information content (AvgIpc) is 2.43. The zero-order valence-corrected chi connectivity index (χ0v) is 11.7. The van der Waals surface area contributed by atoms with E-state index in [1.807, 2.05) is 13.8 Å². The molecule has 0 spiro atoms. The third-order valence-corrected chi connectivity index (χ3v) is 2.26. The Balaban J connectivity index is 2.62. The van der Waals surface area contributed by atoms with Crippen LogP contribution in [0.25, 0.3) is 0 Å². The van der Waals surface area contributed by atoms with Gasteiger partial charge in [0, 0.05) is 25.4 Å². The first-order valence-electron chi connectivity index (χ1n) is 6.53. The van der Waals surface area contributed by atoms with Crippen molar-refractivity contribution >= 4 is 5.96 Å². The molecule has 0 fully saturated rings. The maximum absolute atomic E-state index is 12.1. The molecule has 0 saturated heterocycles. The van der Waals surface area contributed by atoms with Gasteiger partial charge in [0.2, 0.25) is 5.88 Å². The van der Waals surface area contributed by atoms with Crippen molar-refractivity contribution in [3.05, 3.63) is 23.9 Å². The fourth-order valence-electron chi connectivity index (χ4n) is 1.46. The van der Waals surface area contributed by atoms with Crippen LogP contribution >= 0.6 is 0 Å². The Morgan fingerprint density at radius 3 is 2.65 bits per heavy atom. The summed E-state index contributed by atoms with van der Waals surface area (Å²) in [5.41, 5.74) is 0.845. The van der Waals surface area contributed by atoms with E-state index in [1.54, 1.807) is 12.1 Å². The number of halogens is 2. The molecule has 20 heavy (non-hydrogen) atoms. The Morgan fingerprint density at radius 1 is 1.35 bits per heavy atom. The van der Waals surface area contributed by atoms with Crippen molar-refractivity contribution in [3.63, 3.8) is 0 Å². The summed E-state index contributed by atoms with van der Waals surface area (Å²) in [6.45, 7) is 5.27. The molecule has 0 unspecified atom stereocenters. The first kappa shape index (κ1) is 16.1. The molecule has 0 aromatic carbocycles. The SMILES string of the molecule is CCNC(=NCc1ccnc(OCC(F)F)c1)NCC. The van der Waals surface area contributed by atoms with E-state index >= 15 is 0 Å². The minimum absolute atomic E-state index is 0.187. The molecule has 0 amide bonds. The number of hydrogen-bond acceptors (Lipinski definition) is 3. The topological polar surface area (TPSA) is 58.5 Å². The van der Waals surface area contributed by atoms with Crippen LogP contribution in [0.2, 0.25) is 0 Å². The zero-order valence-electron chi connectivity index (χ0n) is 11.7. The van der Waals surface area contributed by atoms with Gasteiger partial charge in [-0.25, -0.2) is 18.8 Å². The molecule has 0 saturated carbocycles. The van der Waals surface area contributed by atoms with Crippen LogP contribution in [-0.4, -0.2) is 37.1 Å². The van der Waals surface area contributed by atoms with Crippen LogP contribution in [0.15, 0.2) is 23.3 Å². The number of alkyl halides is 2. The zero-order chi connectivity index (χ0) is 14.8. The van der Waals surface area contributed by atoms with Gasteiger partial charge in [-0.1, -0.05) is 0 Å². The summed E-state index contributed by atoms with van der Waals surface area (Å²) in [5, 5.41) is 6.20. The van der Waals surface area contributed by atoms with E-state index in [-0.39, 0.29) is 5.88 Å². The standard InChI is InChI=1S/C13H20F2N4O/c1-3-16-13(17-4-2)19-8-10-5-6-18-12(7-10)20-9-11(14)15/h5-7,11H,3-4,8-9H2,1-2H3,(H2,16,17,19). The van der Waals surface area contributed by atoms with Crippen LogP contribution in [0, 0.1) is 0 Å². The maximum atomic E-state index is 12.1. The highest BCUT2D eigenvalue weighted by molar-refractivity contribution is 5.79. The van der Waals surface area contributed by atoms with Crippen LogP contribution in [0.3, 0.4) is 0 Å². The van der Waals surface area contributed by atoms with Crippen LogP contribution in [0.5, 0.6) is 5.88 Å². The molecule has 7 heteroatoms. The summed E-state index contributed by atoms with van der Waals surface area (Å²) >= 11 is 0. The second-order valence-corrected chi connectivity index (χ2v) is 3.93. The lowest BCUT2D eigenvalue weighted by Gasteiger charge is -2.09. The summed E-state index contributed by atoms with van der Waals surface area (Å²) in [6.07, 6.45) is -0.987. The average molecular weight is 286 g/mol. The van der Waals surface area contributed by atoms with E-state index in [1.165, 1.54) is 6.20 Å². The summed E-state index contributed by atoms with van der Waals surface area (Å²) in [7, 11) is 0. The largest absolute Gasteiger partial charge is 0.472 e. The van der Waals surface area contributed by atoms with Gasteiger partial charge in [0.15, 0.2) is 12.6 Å². The summed E-state index contributed by atoms with van der Waals surface area (Å²) in [6, 6.07) is 3.38. The Labute approximate surface area is 117 Å². The molecular formula is C13H20F2N4O. The number of nitrogens with zero attached hydrogens (tertiary/aromatic N) is 2. The second-order valence-electron chi connectivity index (χ2n) is 3.93. The van der Waals surface area contributed by atoms with Crippen molar-refractivity contribution in [1.29, 1.82) is 0 Å². The Hall–Kier alpha value is -1.92. The highest BCUT2D eigenvalue weighted by Crippen LogP contribution is 2.11. The lowest BCUT2D eigenvalue weighted by Crippen LogP contribution is -2.36. The molecular weight excluding hydrogens is 266 g/mol. The number of hydrogen-bond donors (Lipinski definition) is 2. The fourth-order valence-corrected chi connectivity index (χ4v) is 1.46. The Kier molecular flexibility index (Phi) is 7.31. The van der Waals surface area contributed by atoms with Crippen molar-refractivity contribution in [1.82, 2.24) is 15.6 Å². The second kappa shape index (κ2) is 9.06. The highest BCUT2D eigenvalue weighted by Gasteiger charge is 2.05. The van der Waals surface area contributed by atoms with Gasteiger partial charge in [0.1, 0.15) is 0 Å². The van der Waals surface area contributed by atoms with Crippen molar-refractivity contribution < 1.29 is 13.5 Å². The monoisotopic (exact) mass is 286 g/mol. The lowest BCUT2D eigenvalue weighted by molar-refractivity contribution is 0.0795. The van der Waals surface area contributed by atoms with Gasteiger partial charge >= 0.3 is 0 Å². The molecule has 2 N–H and O–H groups in total. The van der Waals surface area contributed by atoms with E-state index in [9.17, 15) is 8.78 Å². The number of aliphatic imine (C=N–C) groups is 1. The third kappa shape index (κ3) is 6.31. The molecule has 1 aromatic heterocycles. The molecule has 1 heterocycles. The van der Waals surface area contributed by atoms with Gasteiger partial charge in [-0.2, -0.15) is 0 Å². The molecule has 0 aliphatic rings. The molecule has 0 aliphatic carbocycles.